The van der Waals surface area contributed by atoms with E-state index in [1.165, 1.54) is 0 Å². The van der Waals surface area contributed by atoms with Crippen LogP contribution in [0.2, 0.25) is 0 Å². The number of nitrogens with two attached hydrogens (primary N) is 1. The largest absolute Gasteiger partial charge is 0.395 e. The zero-order chi connectivity index (χ0) is 15.2. The second-order valence-electron chi connectivity index (χ2n) is 5.24. The first-order valence-electron chi connectivity index (χ1n) is 7.70. The summed E-state index contributed by atoms with van der Waals surface area (Å²) in [4.78, 5) is 6.79. The van der Waals surface area contributed by atoms with Gasteiger partial charge in [-0.25, -0.2) is 0 Å². The van der Waals surface area contributed by atoms with Crippen LogP contribution < -0.4 is 10.6 Å². The first kappa shape index (κ1) is 15.7. The van der Waals surface area contributed by atoms with Crippen molar-refractivity contribution in [2.75, 3.05) is 18.1 Å². The predicted octanol–water partition coefficient (Wildman–Crippen LogP) is 2.68. The number of benzene rings is 1. The summed E-state index contributed by atoms with van der Waals surface area (Å²) in [5.74, 6) is 0. The number of hydrogen-bond acceptors (Lipinski definition) is 4. The van der Waals surface area contributed by atoms with Gasteiger partial charge in [0.25, 0.3) is 0 Å². The van der Waals surface area contributed by atoms with Gasteiger partial charge in [0, 0.05) is 36.3 Å². The Bertz CT molecular complexity index is 581. The van der Waals surface area contributed by atoms with E-state index in [4.69, 9.17) is 5.73 Å². The van der Waals surface area contributed by atoms with E-state index in [2.05, 4.69) is 29.8 Å². The third-order valence-electron chi connectivity index (χ3n) is 4.05. The predicted molar refractivity (Wildman–Crippen MR) is 88.4 cm³/mol. The quantitative estimate of drug-likeness (QED) is 0.822. The Balaban J connectivity index is 2.64. The topological polar surface area (TPSA) is 62.4 Å². The van der Waals surface area contributed by atoms with Gasteiger partial charge in [-0.3, -0.25) is 4.98 Å². The van der Waals surface area contributed by atoms with Crippen LogP contribution in [0.15, 0.2) is 30.5 Å². The molecule has 0 unspecified atom stereocenters. The molecule has 0 saturated carbocycles. The average molecular weight is 287 g/mol. The van der Waals surface area contributed by atoms with Gasteiger partial charge in [-0.05, 0) is 18.9 Å². The molecule has 0 fully saturated rings. The molecule has 4 nitrogen and oxygen atoms in total. The summed E-state index contributed by atoms with van der Waals surface area (Å²) in [6.07, 6.45) is 3.94. The summed E-state index contributed by atoms with van der Waals surface area (Å²) in [6.45, 7) is 5.58. The van der Waals surface area contributed by atoms with Crippen molar-refractivity contribution in [1.82, 2.24) is 4.98 Å². The lowest BCUT2D eigenvalue weighted by Gasteiger charge is -2.34. The monoisotopic (exact) mass is 287 g/mol. The molecule has 114 valence electrons. The Labute approximate surface area is 126 Å². The molecule has 1 aromatic heterocycles. The Morgan fingerprint density at radius 3 is 2.57 bits per heavy atom. The molecule has 0 aliphatic rings. The maximum Gasteiger partial charge on any atom is 0.0723 e. The molecule has 2 aromatic rings. The van der Waals surface area contributed by atoms with E-state index in [-0.39, 0.29) is 6.61 Å². The minimum atomic E-state index is 0.136. The van der Waals surface area contributed by atoms with Crippen molar-refractivity contribution in [3.63, 3.8) is 0 Å². The number of fused-ring (bicyclic) bond motifs is 1. The molecule has 0 aliphatic carbocycles. The summed E-state index contributed by atoms with van der Waals surface area (Å²) in [7, 11) is 0. The fraction of sp³-hybridized carbons (Fsp3) is 0.471. The summed E-state index contributed by atoms with van der Waals surface area (Å²) >= 11 is 0. The van der Waals surface area contributed by atoms with Crippen molar-refractivity contribution in [2.24, 2.45) is 5.73 Å². The smallest absolute Gasteiger partial charge is 0.0723 e. The van der Waals surface area contributed by atoms with Gasteiger partial charge < -0.3 is 15.7 Å². The number of aromatic nitrogens is 1. The first-order valence-corrected chi connectivity index (χ1v) is 7.70. The second kappa shape index (κ2) is 7.38. The van der Waals surface area contributed by atoms with Gasteiger partial charge in [-0.2, -0.15) is 0 Å². The molecule has 1 heterocycles. The fourth-order valence-corrected chi connectivity index (χ4v) is 2.97. The molecule has 0 amide bonds. The lowest BCUT2D eigenvalue weighted by molar-refractivity contribution is 0.296. The second-order valence-corrected chi connectivity index (χ2v) is 5.24. The van der Waals surface area contributed by atoms with Crippen molar-refractivity contribution in [3.8, 4) is 0 Å². The Kier molecular flexibility index (Phi) is 5.53. The number of rotatable bonds is 7. The zero-order valence-corrected chi connectivity index (χ0v) is 12.9. The summed E-state index contributed by atoms with van der Waals surface area (Å²) in [6, 6.07) is 8.52. The molecule has 2 rings (SSSR count). The van der Waals surface area contributed by atoms with Crippen molar-refractivity contribution < 1.29 is 5.11 Å². The van der Waals surface area contributed by atoms with Gasteiger partial charge in [0.15, 0.2) is 0 Å². The lowest BCUT2D eigenvalue weighted by atomic mass is 10.0. The number of anilines is 1. The standard InChI is InChI=1S/C17H25N3O/c1-3-14(4-2)20(9-10-21)17-13(11-18)12-19-16-8-6-5-7-15(16)17/h5-8,12,14,21H,3-4,9-11,18H2,1-2H3. The number of pyridine rings is 1. The number of nitrogens with zero attached hydrogens (tertiary/aromatic N) is 2. The molecule has 21 heavy (non-hydrogen) atoms. The molecule has 1 aromatic carbocycles. The number of aliphatic hydroxyl groups excluding tert-OH is 1. The normalized spacial score (nSPS) is 11.3. The van der Waals surface area contributed by atoms with E-state index in [0.717, 1.165) is 35.0 Å². The maximum atomic E-state index is 9.49. The van der Waals surface area contributed by atoms with Crippen LogP contribution in [0.25, 0.3) is 10.9 Å². The summed E-state index contributed by atoms with van der Waals surface area (Å²) < 4.78 is 0. The van der Waals surface area contributed by atoms with Crippen LogP contribution >= 0.6 is 0 Å². The van der Waals surface area contributed by atoms with E-state index in [1.807, 2.05) is 24.4 Å². The fourth-order valence-electron chi connectivity index (χ4n) is 2.97. The van der Waals surface area contributed by atoms with Crippen LogP contribution in [-0.4, -0.2) is 29.3 Å². The molecule has 0 atom stereocenters. The minimum Gasteiger partial charge on any atom is -0.395 e. The Hall–Kier alpha value is -1.65. The minimum absolute atomic E-state index is 0.136. The highest BCUT2D eigenvalue weighted by atomic mass is 16.3. The first-order chi connectivity index (χ1) is 10.3. The van der Waals surface area contributed by atoms with Crippen LogP contribution in [0.3, 0.4) is 0 Å². The van der Waals surface area contributed by atoms with Crippen molar-refractivity contribution in [3.05, 3.63) is 36.0 Å². The van der Waals surface area contributed by atoms with Gasteiger partial charge in [0.1, 0.15) is 0 Å². The van der Waals surface area contributed by atoms with Crippen LogP contribution in [0.5, 0.6) is 0 Å². The van der Waals surface area contributed by atoms with Crippen molar-refractivity contribution >= 4 is 16.6 Å². The molecule has 3 N–H and O–H groups in total. The average Bonchev–Trinajstić information content (AvgIpc) is 2.54. The van der Waals surface area contributed by atoms with Gasteiger partial charge in [0.05, 0.1) is 17.8 Å². The van der Waals surface area contributed by atoms with Crippen LogP contribution in [0, 0.1) is 0 Å². The third-order valence-corrected chi connectivity index (χ3v) is 4.05. The SMILES string of the molecule is CCC(CC)N(CCO)c1c(CN)cnc2ccccc12. The number of hydrogen-bond donors (Lipinski definition) is 2. The third kappa shape index (κ3) is 3.17. The molecular formula is C17H25N3O. The van der Waals surface area contributed by atoms with Gasteiger partial charge in [-0.1, -0.05) is 32.0 Å². The van der Waals surface area contributed by atoms with E-state index >= 15 is 0 Å². The van der Waals surface area contributed by atoms with Crippen LogP contribution in [-0.2, 0) is 6.54 Å². The number of aliphatic hydroxyl groups is 1. The van der Waals surface area contributed by atoms with Crippen LogP contribution in [0.1, 0.15) is 32.3 Å². The molecule has 0 spiro atoms. The molecule has 0 aliphatic heterocycles. The van der Waals surface area contributed by atoms with E-state index in [9.17, 15) is 5.11 Å². The highest BCUT2D eigenvalue weighted by Gasteiger charge is 2.20. The summed E-state index contributed by atoms with van der Waals surface area (Å²) in [5, 5.41) is 10.6. The van der Waals surface area contributed by atoms with Crippen molar-refractivity contribution in [1.29, 1.82) is 0 Å². The molecular weight excluding hydrogens is 262 g/mol. The van der Waals surface area contributed by atoms with Crippen LogP contribution in [0.4, 0.5) is 5.69 Å². The van der Waals surface area contributed by atoms with Crippen molar-refractivity contribution in [2.45, 2.75) is 39.3 Å². The van der Waals surface area contributed by atoms with E-state index in [1.54, 1.807) is 0 Å². The Morgan fingerprint density at radius 1 is 1.24 bits per heavy atom. The molecule has 4 heteroatoms. The highest BCUT2D eigenvalue weighted by molar-refractivity contribution is 5.93. The Morgan fingerprint density at radius 2 is 1.95 bits per heavy atom. The van der Waals surface area contributed by atoms with Gasteiger partial charge >= 0.3 is 0 Å². The maximum absolute atomic E-state index is 9.49. The van der Waals surface area contributed by atoms with Gasteiger partial charge in [0.2, 0.25) is 0 Å². The van der Waals surface area contributed by atoms with E-state index in [0.29, 0.717) is 19.1 Å². The molecule has 0 bridgehead atoms. The lowest BCUT2D eigenvalue weighted by Crippen LogP contribution is -2.37. The number of para-hydroxylation sites is 1. The highest BCUT2D eigenvalue weighted by Crippen LogP contribution is 2.32. The molecule has 0 radical (unpaired) electrons. The van der Waals surface area contributed by atoms with Gasteiger partial charge in [-0.15, -0.1) is 0 Å². The summed E-state index contributed by atoms with van der Waals surface area (Å²) in [5.41, 5.74) is 9.07. The van der Waals surface area contributed by atoms with E-state index < -0.39 is 0 Å². The zero-order valence-electron chi connectivity index (χ0n) is 12.9. The molecule has 0 saturated heterocycles.